The van der Waals surface area contributed by atoms with Crippen LogP contribution >= 0.6 is 11.6 Å². The maximum absolute atomic E-state index is 12.2. The van der Waals surface area contributed by atoms with Crippen molar-refractivity contribution in [2.75, 3.05) is 13.2 Å². The minimum atomic E-state index is -0.463. The van der Waals surface area contributed by atoms with Gasteiger partial charge < -0.3 is 14.4 Å². The van der Waals surface area contributed by atoms with Crippen LogP contribution in [-0.2, 0) is 4.74 Å². The maximum Gasteiger partial charge on any atom is 0.410 e. The molecule has 1 saturated heterocycles. The molecular weight excluding hydrogens is 304 g/mol. The number of likely N-dealkylation sites (tertiary alicyclic amines) is 1. The number of carbonyl (C=O) groups excluding carboxylic acids is 1. The molecule has 2 heterocycles. The first-order valence-corrected chi connectivity index (χ1v) is 7.97. The molecule has 1 aromatic heterocycles. The van der Waals surface area contributed by atoms with Gasteiger partial charge in [0.2, 0.25) is 0 Å². The van der Waals surface area contributed by atoms with Crippen LogP contribution in [0.3, 0.4) is 0 Å². The van der Waals surface area contributed by atoms with E-state index in [1.165, 1.54) is 0 Å². The first-order chi connectivity index (χ1) is 10.3. The Hall–Kier alpha value is -1.49. The number of ether oxygens (including phenoxy) is 2. The number of hydrogen-bond acceptors (Lipinski definition) is 4. The standard InChI is InChI=1S/C16H23ClN2O3/c1-16(2,3)22-15(20)19-9-4-5-12(19)8-10-21-13-6-7-14(17)18-11-13/h6-7,11-12H,4-5,8-10H2,1-3H3. The van der Waals surface area contributed by atoms with E-state index in [1.807, 2.05) is 25.7 Å². The van der Waals surface area contributed by atoms with E-state index in [1.54, 1.807) is 18.3 Å². The fraction of sp³-hybridized carbons (Fsp3) is 0.625. The summed E-state index contributed by atoms with van der Waals surface area (Å²) in [7, 11) is 0. The molecule has 1 amide bonds. The van der Waals surface area contributed by atoms with Gasteiger partial charge in [-0.3, -0.25) is 0 Å². The highest BCUT2D eigenvalue weighted by Gasteiger charge is 2.31. The molecule has 22 heavy (non-hydrogen) atoms. The number of rotatable bonds is 4. The van der Waals surface area contributed by atoms with Gasteiger partial charge in [-0.2, -0.15) is 0 Å². The summed E-state index contributed by atoms with van der Waals surface area (Å²) in [6.07, 6.45) is 4.14. The van der Waals surface area contributed by atoms with Crippen LogP contribution in [-0.4, -0.2) is 40.8 Å². The van der Waals surface area contributed by atoms with E-state index in [9.17, 15) is 4.79 Å². The zero-order valence-corrected chi connectivity index (χ0v) is 14.1. The van der Waals surface area contributed by atoms with Crippen LogP contribution in [0.15, 0.2) is 18.3 Å². The topological polar surface area (TPSA) is 51.7 Å². The summed E-state index contributed by atoms with van der Waals surface area (Å²) in [4.78, 5) is 18.0. The molecule has 2 rings (SSSR count). The van der Waals surface area contributed by atoms with Crippen molar-refractivity contribution in [1.82, 2.24) is 9.88 Å². The molecule has 0 saturated carbocycles. The molecule has 0 bridgehead atoms. The Morgan fingerprint density at radius 1 is 1.45 bits per heavy atom. The van der Waals surface area contributed by atoms with Crippen molar-refractivity contribution in [3.05, 3.63) is 23.5 Å². The van der Waals surface area contributed by atoms with E-state index in [2.05, 4.69) is 4.98 Å². The maximum atomic E-state index is 12.2. The lowest BCUT2D eigenvalue weighted by atomic mass is 10.1. The molecule has 0 N–H and O–H groups in total. The Balaban J connectivity index is 1.81. The van der Waals surface area contributed by atoms with E-state index in [0.717, 1.165) is 25.8 Å². The molecule has 1 aliphatic rings. The Morgan fingerprint density at radius 2 is 2.23 bits per heavy atom. The third-order valence-electron chi connectivity index (χ3n) is 3.43. The number of hydrogen-bond donors (Lipinski definition) is 0. The smallest absolute Gasteiger partial charge is 0.410 e. The third kappa shape index (κ3) is 5.05. The highest BCUT2D eigenvalue weighted by Crippen LogP contribution is 2.23. The van der Waals surface area contributed by atoms with E-state index >= 15 is 0 Å². The molecule has 0 aliphatic carbocycles. The molecule has 0 radical (unpaired) electrons. The first-order valence-electron chi connectivity index (χ1n) is 7.59. The molecule has 1 atom stereocenters. The van der Waals surface area contributed by atoms with Crippen LogP contribution < -0.4 is 4.74 Å². The SMILES string of the molecule is CC(C)(C)OC(=O)N1CCCC1CCOc1ccc(Cl)nc1. The first kappa shape index (κ1) is 16.9. The lowest BCUT2D eigenvalue weighted by molar-refractivity contribution is 0.0211. The number of amides is 1. The van der Waals surface area contributed by atoms with Gasteiger partial charge >= 0.3 is 6.09 Å². The Bertz CT molecular complexity index is 499. The average Bonchev–Trinajstić information content (AvgIpc) is 2.88. The minimum absolute atomic E-state index is 0.176. The summed E-state index contributed by atoms with van der Waals surface area (Å²) in [6.45, 7) is 6.93. The van der Waals surface area contributed by atoms with E-state index in [0.29, 0.717) is 17.5 Å². The average molecular weight is 327 g/mol. The normalized spacial score (nSPS) is 18.4. The van der Waals surface area contributed by atoms with Crippen molar-refractivity contribution >= 4 is 17.7 Å². The van der Waals surface area contributed by atoms with E-state index < -0.39 is 5.60 Å². The van der Waals surface area contributed by atoms with Gasteiger partial charge in [-0.1, -0.05) is 11.6 Å². The lowest BCUT2D eigenvalue weighted by Gasteiger charge is -2.28. The van der Waals surface area contributed by atoms with Crippen LogP contribution in [0.2, 0.25) is 5.15 Å². The van der Waals surface area contributed by atoms with Crippen molar-refractivity contribution in [1.29, 1.82) is 0 Å². The quantitative estimate of drug-likeness (QED) is 0.787. The predicted molar refractivity (Wildman–Crippen MR) is 85.3 cm³/mol. The fourth-order valence-corrected chi connectivity index (χ4v) is 2.57. The van der Waals surface area contributed by atoms with Gasteiger partial charge in [-0.25, -0.2) is 9.78 Å². The van der Waals surface area contributed by atoms with Gasteiger partial charge in [-0.05, 0) is 45.7 Å². The summed E-state index contributed by atoms with van der Waals surface area (Å²) >= 11 is 5.73. The number of aromatic nitrogens is 1. The van der Waals surface area contributed by atoms with Gasteiger partial charge in [0.25, 0.3) is 0 Å². The van der Waals surface area contributed by atoms with Crippen LogP contribution in [0.1, 0.15) is 40.0 Å². The largest absolute Gasteiger partial charge is 0.492 e. The Kier molecular flexibility index (Phi) is 5.51. The molecule has 1 aromatic rings. The van der Waals surface area contributed by atoms with Crippen molar-refractivity contribution < 1.29 is 14.3 Å². The van der Waals surface area contributed by atoms with Crippen molar-refractivity contribution in [3.8, 4) is 5.75 Å². The zero-order valence-electron chi connectivity index (χ0n) is 13.3. The van der Waals surface area contributed by atoms with Gasteiger partial charge in [0.1, 0.15) is 16.5 Å². The highest BCUT2D eigenvalue weighted by atomic mass is 35.5. The van der Waals surface area contributed by atoms with Crippen molar-refractivity contribution in [3.63, 3.8) is 0 Å². The lowest BCUT2D eigenvalue weighted by Crippen LogP contribution is -2.40. The predicted octanol–water partition coefficient (Wildman–Crippen LogP) is 3.90. The molecule has 0 aromatic carbocycles. The number of pyridine rings is 1. The summed E-state index contributed by atoms with van der Waals surface area (Å²) < 4.78 is 11.1. The molecule has 1 unspecified atom stereocenters. The van der Waals surface area contributed by atoms with E-state index in [-0.39, 0.29) is 12.1 Å². The second kappa shape index (κ2) is 7.18. The van der Waals surface area contributed by atoms with Crippen LogP contribution in [0.5, 0.6) is 5.75 Å². The van der Waals surface area contributed by atoms with Crippen molar-refractivity contribution in [2.45, 2.75) is 51.7 Å². The fourth-order valence-electron chi connectivity index (χ4n) is 2.46. The zero-order chi connectivity index (χ0) is 16.2. The molecule has 6 heteroatoms. The highest BCUT2D eigenvalue weighted by molar-refractivity contribution is 6.29. The van der Waals surface area contributed by atoms with Crippen LogP contribution in [0.4, 0.5) is 4.79 Å². The second-order valence-electron chi connectivity index (χ2n) is 6.42. The van der Waals surface area contributed by atoms with Gasteiger partial charge in [0, 0.05) is 19.0 Å². The van der Waals surface area contributed by atoms with Gasteiger partial charge in [-0.15, -0.1) is 0 Å². The summed E-state index contributed by atoms with van der Waals surface area (Å²) in [5.41, 5.74) is -0.463. The molecule has 5 nitrogen and oxygen atoms in total. The molecule has 122 valence electrons. The molecule has 1 fully saturated rings. The minimum Gasteiger partial charge on any atom is -0.492 e. The molecule has 0 spiro atoms. The number of carbonyl (C=O) groups is 1. The monoisotopic (exact) mass is 326 g/mol. The Labute approximate surface area is 136 Å². The van der Waals surface area contributed by atoms with Crippen molar-refractivity contribution in [2.24, 2.45) is 0 Å². The van der Waals surface area contributed by atoms with E-state index in [4.69, 9.17) is 21.1 Å². The van der Waals surface area contributed by atoms with Crippen LogP contribution in [0, 0.1) is 0 Å². The summed E-state index contributed by atoms with van der Waals surface area (Å²) in [5, 5.41) is 0.444. The summed E-state index contributed by atoms with van der Waals surface area (Å²) in [5.74, 6) is 0.686. The molecule has 1 aliphatic heterocycles. The molecular formula is C16H23ClN2O3. The third-order valence-corrected chi connectivity index (χ3v) is 3.65. The Morgan fingerprint density at radius 3 is 2.86 bits per heavy atom. The van der Waals surface area contributed by atoms with Gasteiger partial charge in [0.15, 0.2) is 0 Å². The van der Waals surface area contributed by atoms with Crippen LogP contribution in [0.25, 0.3) is 0 Å². The number of nitrogens with zero attached hydrogens (tertiary/aromatic N) is 2. The second-order valence-corrected chi connectivity index (χ2v) is 6.81. The number of halogens is 1. The summed E-state index contributed by atoms with van der Waals surface area (Å²) in [6, 6.07) is 3.66. The van der Waals surface area contributed by atoms with Gasteiger partial charge in [0.05, 0.1) is 12.8 Å².